The fourth-order valence-corrected chi connectivity index (χ4v) is 6.38. The van der Waals surface area contributed by atoms with Gasteiger partial charge in [0, 0.05) is 18.5 Å². The second-order valence-corrected chi connectivity index (χ2v) is 10.7. The summed E-state index contributed by atoms with van der Waals surface area (Å²) in [5.41, 5.74) is 2.78. The Morgan fingerprint density at radius 3 is 2.38 bits per heavy atom. The van der Waals surface area contributed by atoms with Crippen molar-refractivity contribution in [2.24, 2.45) is 4.99 Å². The summed E-state index contributed by atoms with van der Waals surface area (Å²) in [7, 11) is -3.54. The fraction of sp³-hybridized carbons (Fsp3) is 0.240. The number of aromatic nitrogens is 1. The van der Waals surface area contributed by atoms with Crippen LogP contribution in [0, 0.1) is 0 Å². The highest BCUT2D eigenvalue weighted by Crippen LogP contribution is 2.28. The molecule has 1 aliphatic heterocycles. The van der Waals surface area contributed by atoms with E-state index in [9.17, 15) is 8.42 Å². The van der Waals surface area contributed by atoms with Crippen LogP contribution in [0.15, 0.2) is 92.7 Å². The molecule has 2 aromatic carbocycles. The first-order valence-corrected chi connectivity index (χ1v) is 13.4. The van der Waals surface area contributed by atoms with Crippen molar-refractivity contribution >= 4 is 27.0 Å². The molecule has 9 heteroatoms. The predicted molar refractivity (Wildman–Crippen MR) is 132 cm³/mol. The van der Waals surface area contributed by atoms with Gasteiger partial charge >= 0.3 is 0 Å². The van der Waals surface area contributed by atoms with Crippen molar-refractivity contribution in [2.45, 2.75) is 17.9 Å². The van der Waals surface area contributed by atoms with E-state index in [1.54, 1.807) is 30.5 Å². The molecule has 0 bridgehead atoms. The van der Waals surface area contributed by atoms with Crippen molar-refractivity contribution in [1.29, 1.82) is 0 Å². The van der Waals surface area contributed by atoms with Crippen LogP contribution in [0.5, 0.6) is 0 Å². The van der Waals surface area contributed by atoms with E-state index in [2.05, 4.69) is 23.6 Å². The summed E-state index contributed by atoms with van der Waals surface area (Å²) >= 11 is 1.52. The summed E-state index contributed by atoms with van der Waals surface area (Å²) in [6.45, 7) is 3.71. The lowest BCUT2D eigenvalue weighted by molar-refractivity contribution is 0.0730. The van der Waals surface area contributed by atoms with Crippen molar-refractivity contribution in [3.05, 3.63) is 88.7 Å². The van der Waals surface area contributed by atoms with E-state index < -0.39 is 10.0 Å². The summed E-state index contributed by atoms with van der Waals surface area (Å²) in [5.74, 6) is 0.771. The van der Waals surface area contributed by atoms with E-state index in [0.29, 0.717) is 32.0 Å². The maximum absolute atomic E-state index is 12.9. The van der Waals surface area contributed by atoms with Crippen molar-refractivity contribution in [3.63, 3.8) is 0 Å². The second-order valence-electron chi connectivity index (χ2n) is 7.96. The van der Waals surface area contributed by atoms with Crippen molar-refractivity contribution in [3.8, 4) is 11.5 Å². The highest BCUT2D eigenvalue weighted by molar-refractivity contribution is 7.89. The van der Waals surface area contributed by atoms with Gasteiger partial charge in [-0.1, -0.05) is 30.3 Å². The maximum Gasteiger partial charge on any atom is 0.243 e. The molecule has 176 valence electrons. The van der Waals surface area contributed by atoms with Gasteiger partial charge in [0.05, 0.1) is 41.8 Å². The SMILES string of the molecule is CC(c1ccccc1)n1c(-c2ccco2)csc1=Nc1ccc(S(=O)(=O)N2CCOCC2)cc1. The van der Waals surface area contributed by atoms with Gasteiger partial charge in [0.1, 0.15) is 0 Å². The zero-order chi connectivity index (χ0) is 23.5. The molecule has 0 N–H and O–H groups in total. The summed E-state index contributed by atoms with van der Waals surface area (Å²) < 4.78 is 40.4. The molecule has 1 unspecified atom stereocenters. The Morgan fingerprint density at radius 1 is 0.971 bits per heavy atom. The van der Waals surface area contributed by atoms with Gasteiger partial charge in [-0.3, -0.25) is 0 Å². The van der Waals surface area contributed by atoms with Crippen LogP contribution in [0.1, 0.15) is 18.5 Å². The molecule has 0 aliphatic carbocycles. The summed E-state index contributed by atoms with van der Waals surface area (Å²) in [4.78, 5) is 5.93. The van der Waals surface area contributed by atoms with Gasteiger partial charge in [0.25, 0.3) is 0 Å². The van der Waals surface area contributed by atoms with Crippen LogP contribution in [0.3, 0.4) is 0 Å². The number of thiazole rings is 1. The van der Waals surface area contributed by atoms with Crippen molar-refractivity contribution in [1.82, 2.24) is 8.87 Å². The lowest BCUT2D eigenvalue weighted by Crippen LogP contribution is -2.40. The molecule has 1 fully saturated rings. The van der Waals surface area contributed by atoms with Crippen molar-refractivity contribution < 1.29 is 17.6 Å². The van der Waals surface area contributed by atoms with E-state index in [-0.39, 0.29) is 10.9 Å². The molecule has 4 aromatic rings. The first-order valence-electron chi connectivity index (χ1n) is 11.1. The molecule has 0 spiro atoms. The van der Waals surface area contributed by atoms with Gasteiger partial charge in [0.2, 0.25) is 10.0 Å². The average Bonchev–Trinajstić information content (AvgIpc) is 3.55. The molecule has 0 saturated carbocycles. The van der Waals surface area contributed by atoms with Crippen LogP contribution in [-0.2, 0) is 14.8 Å². The van der Waals surface area contributed by atoms with Crippen LogP contribution < -0.4 is 4.80 Å². The fourth-order valence-electron chi connectivity index (χ4n) is 4.00. The van der Waals surface area contributed by atoms with Crippen LogP contribution in [-0.4, -0.2) is 43.6 Å². The van der Waals surface area contributed by atoms with Gasteiger partial charge in [-0.15, -0.1) is 11.3 Å². The first-order chi connectivity index (χ1) is 16.5. The second kappa shape index (κ2) is 9.71. The normalized spacial score (nSPS) is 16.6. The first kappa shape index (κ1) is 22.8. The van der Waals surface area contributed by atoms with Crippen LogP contribution >= 0.6 is 11.3 Å². The smallest absolute Gasteiger partial charge is 0.243 e. The maximum atomic E-state index is 12.9. The third-order valence-corrected chi connectivity index (χ3v) is 8.61. The van der Waals surface area contributed by atoms with Gasteiger partial charge in [0.15, 0.2) is 10.6 Å². The number of furan rings is 1. The number of hydrogen-bond acceptors (Lipinski definition) is 6. The Hall–Kier alpha value is -2.98. The molecule has 1 aliphatic rings. The zero-order valence-corrected chi connectivity index (χ0v) is 20.3. The van der Waals surface area contributed by atoms with E-state index >= 15 is 0 Å². The minimum Gasteiger partial charge on any atom is -0.463 e. The molecule has 0 amide bonds. The molecule has 2 aromatic heterocycles. The minimum absolute atomic E-state index is 0.0206. The molecule has 5 rings (SSSR count). The quantitative estimate of drug-likeness (QED) is 0.389. The third kappa shape index (κ3) is 4.52. The Kier molecular flexibility index (Phi) is 6.51. The Bertz CT molecular complexity index is 1400. The van der Waals surface area contributed by atoms with E-state index in [0.717, 1.165) is 21.8 Å². The number of ether oxygens (including phenoxy) is 1. The predicted octanol–water partition coefficient (Wildman–Crippen LogP) is 4.67. The van der Waals surface area contributed by atoms with Gasteiger partial charge < -0.3 is 13.7 Å². The zero-order valence-electron chi connectivity index (χ0n) is 18.7. The molecule has 34 heavy (non-hydrogen) atoms. The molecule has 1 saturated heterocycles. The molecular formula is C25H25N3O4S2. The number of hydrogen-bond donors (Lipinski definition) is 0. The van der Waals surface area contributed by atoms with Crippen LogP contribution in [0.2, 0.25) is 0 Å². The number of benzene rings is 2. The molecule has 7 nitrogen and oxygen atoms in total. The van der Waals surface area contributed by atoms with E-state index in [4.69, 9.17) is 14.1 Å². The molecule has 3 heterocycles. The third-order valence-electron chi connectivity index (χ3n) is 5.85. The summed E-state index contributed by atoms with van der Waals surface area (Å²) in [6, 6.07) is 20.8. The summed E-state index contributed by atoms with van der Waals surface area (Å²) in [6.07, 6.45) is 1.66. The number of sulfonamides is 1. The molecular weight excluding hydrogens is 470 g/mol. The monoisotopic (exact) mass is 495 g/mol. The minimum atomic E-state index is -3.54. The average molecular weight is 496 g/mol. The van der Waals surface area contributed by atoms with Gasteiger partial charge in [-0.05, 0) is 48.9 Å². The number of nitrogens with zero attached hydrogens (tertiary/aromatic N) is 3. The number of rotatable bonds is 6. The van der Waals surface area contributed by atoms with E-state index in [1.807, 2.05) is 35.7 Å². The molecule has 0 radical (unpaired) electrons. The number of morpholine rings is 1. The lowest BCUT2D eigenvalue weighted by Gasteiger charge is -2.26. The Labute approximate surface area is 202 Å². The standard InChI is InChI=1S/C25H25N3O4S2/c1-19(20-6-3-2-4-7-20)28-23(24-8-5-15-32-24)18-33-25(28)26-21-9-11-22(12-10-21)34(29,30)27-13-16-31-17-14-27/h2-12,15,18-19H,13-14,16-17H2,1H3. The Morgan fingerprint density at radius 2 is 1.71 bits per heavy atom. The van der Waals surface area contributed by atoms with Gasteiger partial charge in [-0.25, -0.2) is 13.4 Å². The van der Waals surface area contributed by atoms with Crippen LogP contribution in [0.25, 0.3) is 11.5 Å². The van der Waals surface area contributed by atoms with E-state index in [1.165, 1.54) is 15.6 Å². The summed E-state index contributed by atoms with van der Waals surface area (Å²) in [5, 5.41) is 2.04. The highest BCUT2D eigenvalue weighted by Gasteiger charge is 2.26. The topological polar surface area (TPSA) is 77.0 Å². The Balaban J connectivity index is 1.52. The van der Waals surface area contributed by atoms with Crippen LogP contribution in [0.4, 0.5) is 5.69 Å². The van der Waals surface area contributed by atoms with Crippen molar-refractivity contribution in [2.75, 3.05) is 26.3 Å². The highest BCUT2D eigenvalue weighted by atomic mass is 32.2. The largest absolute Gasteiger partial charge is 0.463 e. The molecule has 1 atom stereocenters. The van der Waals surface area contributed by atoms with Gasteiger partial charge in [-0.2, -0.15) is 4.31 Å². The lowest BCUT2D eigenvalue weighted by atomic mass is 10.1.